The van der Waals surface area contributed by atoms with Gasteiger partial charge >= 0.3 is 0 Å². The van der Waals surface area contributed by atoms with Crippen molar-refractivity contribution in [3.8, 4) is 11.3 Å². The molecule has 2 aromatic heterocycles. The molecule has 4 rings (SSSR count). The van der Waals surface area contributed by atoms with Gasteiger partial charge in [0.25, 0.3) is 0 Å². The van der Waals surface area contributed by atoms with Crippen molar-refractivity contribution in [2.45, 2.75) is 19.9 Å². The number of hydrogen-bond acceptors (Lipinski definition) is 3. The number of aromatic amines is 1. The molecule has 0 saturated carbocycles. The molecule has 19 heavy (non-hydrogen) atoms. The van der Waals surface area contributed by atoms with Gasteiger partial charge < -0.3 is 14.9 Å². The van der Waals surface area contributed by atoms with E-state index in [1.165, 1.54) is 5.69 Å². The van der Waals surface area contributed by atoms with Crippen molar-refractivity contribution < 1.29 is 0 Å². The van der Waals surface area contributed by atoms with Crippen molar-refractivity contribution >= 4 is 17.0 Å². The molecule has 0 fully saturated rings. The predicted molar refractivity (Wildman–Crippen MR) is 75.2 cm³/mol. The first kappa shape index (κ1) is 10.6. The fourth-order valence-electron chi connectivity index (χ4n) is 2.74. The zero-order valence-corrected chi connectivity index (χ0v) is 10.8. The molecule has 0 unspecified atom stereocenters. The van der Waals surface area contributed by atoms with Gasteiger partial charge in [-0.2, -0.15) is 0 Å². The molecule has 0 bridgehead atoms. The van der Waals surface area contributed by atoms with Crippen LogP contribution in [0.25, 0.3) is 22.3 Å². The molecule has 3 aromatic rings. The minimum Gasteiger partial charge on any atom is -0.356 e. The first-order valence-electron chi connectivity index (χ1n) is 6.57. The number of fused-ring (bicyclic) bond motifs is 2. The van der Waals surface area contributed by atoms with Crippen molar-refractivity contribution in [2.75, 3.05) is 11.9 Å². The lowest BCUT2D eigenvalue weighted by molar-refractivity contribution is 0.615. The molecule has 0 radical (unpaired) electrons. The predicted octanol–water partition coefficient (Wildman–Crippen LogP) is 2.55. The Bertz CT molecular complexity index is 752. The number of anilines is 1. The summed E-state index contributed by atoms with van der Waals surface area (Å²) in [5.41, 5.74) is 5.46. The van der Waals surface area contributed by atoms with Crippen LogP contribution in [0, 0.1) is 6.92 Å². The van der Waals surface area contributed by atoms with Crippen LogP contribution in [-0.4, -0.2) is 26.1 Å². The summed E-state index contributed by atoms with van der Waals surface area (Å²) < 4.78 is 2.26. The fourth-order valence-corrected chi connectivity index (χ4v) is 2.74. The highest BCUT2D eigenvalue weighted by molar-refractivity contribution is 5.81. The van der Waals surface area contributed by atoms with E-state index in [-0.39, 0.29) is 0 Å². The number of rotatable bonds is 1. The van der Waals surface area contributed by atoms with Gasteiger partial charge in [0, 0.05) is 24.3 Å². The Labute approximate surface area is 110 Å². The highest BCUT2D eigenvalue weighted by atomic mass is 15.2. The molecular formula is C14H15N5. The van der Waals surface area contributed by atoms with Crippen molar-refractivity contribution in [3.63, 3.8) is 0 Å². The second-order valence-electron chi connectivity index (χ2n) is 4.94. The molecule has 1 aliphatic heterocycles. The average molecular weight is 253 g/mol. The molecule has 2 N–H and O–H groups in total. The number of nitrogens with one attached hydrogen (secondary N) is 2. The van der Waals surface area contributed by atoms with Crippen molar-refractivity contribution in [2.24, 2.45) is 0 Å². The number of aromatic nitrogens is 4. The zero-order valence-electron chi connectivity index (χ0n) is 10.8. The Morgan fingerprint density at radius 2 is 2.26 bits per heavy atom. The number of benzene rings is 1. The van der Waals surface area contributed by atoms with Crippen molar-refractivity contribution in [1.82, 2.24) is 19.5 Å². The monoisotopic (exact) mass is 253 g/mol. The van der Waals surface area contributed by atoms with Crippen LogP contribution in [0.5, 0.6) is 0 Å². The van der Waals surface area contributed by atoms with E-state index in [0.29, 0.717) is 0 Å². The lowest BCUT2D eigenvalue weighted by Crippen LogP contribution is -2.17. The molecule has 3 heterocycles. The van der Waals surface area contributed by atoms with Gasteiger partial charge in [0.15, 0.2) is 0 Å². The standard InChI is InChI=1S/C14H15N5/c1-9-13(18-14-15-5-2-6-19(9)14)10-3-4-11-12(7-10)17-8-16-11/h3-4,7-8H,2,5-6H2,1H3,(H,15,18)(H,16,17). The van der Waals surface area contributed by atoms with Gasteiger partial charge in [0.05, 0.1) is 23.1 Å². The third-order valence-corrected chi connectivity index (χ3v) is 3.76. The van der Waals surface area contributed by atoms with Gasteiger partial charge in [-0.05, 0) is 25.5 Å². The van der Waals surface area contributed by atoms with Gasteiger partial charge in [-0.25, -0.2) is 9.97 Å². The van der Waals surface area contributed by atoms with Crippen LogP contribution >= 0.6 is 0 Å². The lowest BCUT2D eigenvalue weighted by Gasteiger charge is -2.16. The second-order valence-corrected chi connectivity index (χ2v) is 4.94. The normalized spacial score (nSPS) is 14.4. The van der Waals surface area contributed by atoms with Crippen molar-refractivity contribution in [3.05, 3.63) is 30.2 Å². The number of hydrogen-bond donors (Lipinski definition) is 2. The van der Waals surface area contributed by atoms with Crippen LogP contribution in [0.4, 0.5) is 5.95 Å². The maximum Gasteiger partial charge on any atom is 0.203 e. The van der Waals surface area contributed by atoms with E-state index < -0.39 is 0 Å². The Balaban J connectivity index is 1.89. The van der Waals surface area contributed by atoms with Crippen LogP contribution in [0.1, 0.15) is 12.1 Å². The molecule has 5 heteroatoms. The first-order chi connectivity index (χ1) is 9.33. The second kappa shape index (κ2) is 3.85. The van der Waals surface area contributed by atoms with Gasteiger partial charge in [0.2, 0.25) is 5.95 Å². The van der Waals surface area contributed by atoms with Gasteiger partial charge in [-0.1, -0.05) is 6.07 Å². The molecule has 5 nitrogen and oxygen atoms in total. The summed E-state index contributed by atoms with van der Waals surface area (Å²) >= 11 is 0. The van der Waals surface area contributed by atoms with Gasteiger partial charge in [0.1, 0.15) is 0 Å². The van der Waals surface area contributed by atoms with Gasteiger partial charge in [-0.15, -0.1) is 0 Å². The Hall–Kier alpha value is -2.30. The Kier molecular flexibility index (Phi) is 2.15. The van der Waals surface area contributed by atoms with Crippen LogP contribution in [0.3, 0.4) is 0 Å². The molecule has 0 spiro atoms. The van der Waals surface area contributed by atoms with Crippen LogP contribution in [0.2, 0.25) is 0 Å². The summed E-state index contributed by atoms with van der Waals surface area (Å²) in [7, 11) is 0. The van der Waals surface area contributed by atoms with E-state index in [1.54, 1.807) is 6.33 Å². The zero-order chi connectivity index (χ0) is 12.8. The first-order valence-corrected chi connectivity index (χ1v) is 6.57. The minimum absolute atomic E-state index is 0.989. The summed E-state index contributed by atoms with van der Waals surface area (Å²) in [6.07, 6.45) is 2.88. The highest BCUT2D eigenvalue weighted by Crippen LogP contribution is 2.29. The van der Waals surface area contributed by atoms with E-state index in [4.69, 9.17) is 4.98 Å². The smallest absolute Gasteiger partial charge is 0.203 e. The average Bonchev–Trinajstić information content (AvgIpc) is 3.03. The van der Waals surface area contributed by atoms with Crippen molar-refractivity contribution in [1.29, 1.82) is 0 Å². The topological polar surface area (TPSA) is 58.5 Å². The third kappa shape index (κ3) is 1.54. The molecule has 1 aromatic carbocycles. The summed E-state index contributed by atoms with van der Waals surface area (Å²) in [6.45, 7) is 4.19. The third-order valence-electron chi connectivity index (χ3n) is 3.76. The summed E-state index contributed by atoms with van der Waals surface area (Å²) in [5, 5.41) is 3.36. The van der Waals surface area contributed by atoms with Crippen LogP contribution < -0.4 is 5.32 Å². The Morgan fingerprint density at radius 1 is 1.32 bits per heavy atom. The molecule has 1 aliphatic rings. The fraction of sp³-hybridized carbons (Fsp3) is 0.286. The van der Waals surface area contributed by atoms with Gasteiger partial charge in [-0.3, -0.25) is 0 Å². The van der Waals surface area contributed by atoms with E-state index in [0.717, 1.165) is 47.7 Å². The molecule has 0 amide bonds. The summed E-state index contributed by atoms with van der Waals surface area (Å²) in [6, 6.07) is 6.24. The quantitative estimate of drug-likeness (QED) is 0.700. The molecule has 0 aliphatic carbocycles. The van der Waals surface area contributed by atoms with E-state index in [9.17, 15) is 0 Å². The SMILES string of the molecule is Cc1c(-c2ccc3nc[nH]c3c2)nc2n1CCCN2. The number of nitrogens with zero attached hydrogens (tertiary/aromatic N) is 3. The molecule has 0 atom stereocenters. The number of imidazole rings is 2. The maximum absolute atomic E-state index is 4.73. The van der Waals surface area contributed by atoms with E-state index in [2.05, 4.69) is 38.9 Å². The summed E-state index contributed by atoms with van der Waals surface area (Å²) in [4.78, 5) is 12.1. The van der Waals surface area contributed by atoms with Crippen LogP contribution in [-0.2, 0) is 6.54 Å². The molecular weight excluding hydrogens is 238 g/mol. The van der Waals surface area contributed by atoms with E-state index in [1.807, 2.05) is 6.07 Å². The van der Waals surface area contributed by atoms with Crippen LogP contribution in [0.15, 0.2) is 24.5 Å². The number of H-pyrrole nitrogens is 1. The summed E-state index contributed by atoms with van der Waals surface area (Å²) in [5.74, 6) is 0.989. The lowest BCUT2D eigenvalue weighted by atomic mass is 10.1. The highest BCUT2D eigenvalue weighted by Gasteiger charge is 2.17. The largest absolute Gasteiger partial charge is 0.356 e. The Morgan fingerprint density at radius 3 is 3.16 bits per heavy atom. The molecule has 96 valence electrons. The minimum atomic E-state index is 0.989. The maximum atomic E-state index is 4.73. The molecule has 0 saturated heterocycles. The van der Waals surface area contributed by atoms with E-state index >= 15 is 0 Å².